The fourth-order valence-electron chi connectivity index (χ4n) is 2.76. The first-order chi connectivity index (χ1) is 10.2. The summed E-state index contributed by atoms with van der Waals surface area (Å²) < 4.78 is 32.7. The normalized spacial score (nSPS) is 24.4. The molecule has 0 aromatic heterocycles. The monoisotopic (exact) mass is 325 g/mol. The molecule has 5 heteroatoms. The molecule has 0 N–H and O–H groups in total. The van der Waals surface area contributed by atoms with Crippen LogP contribution >= 0.6 is 0 Å². The largest absolute Gasteiger partial charge is 0.373 e. The second-order valence-electron chi connectivity index (χ2n) is 6.84. The average molecular weight is 325 g/mol. The lowest BCUT2D eigenvalue weighted by Crippen LogP contribution is -2.48. The van der Waals surface area contributed by atoms with E-state index in [4.69, 9.17) is 4.74 Å². The molecule has 0 spiro atoms. The molecule has 2 atom stereocenters. The lowest BCUT2D eigenvalue weighted by molar-refractivity contribution is -0.0440. The predicted octanol–water partition coefficient (Wildman–Crippen LogP) is 3.17. The van der Waals surface area contributed by atoms with E-state index in [1.54, 1.807) is 12.1 Å². The van der Waals surface area contributed by atoms with E-state index in [2.05, 4.69) is 20.8 Å². The number of ether oxygens (including phenoxy) is 1. The minimum atomic E-state index is -3.44. The van der Waals surface area contributed by atoms with Crippen molar-refractivity contribution in [2.24, 2.45) is 0 Å². The number of benzene rings is 1. The highest BCUT2D eigenvalue weighted by molar-refractivity contribution is 7.89. The zero-order valence-electron chi connectivity index (χ0n) is 14.2. The van der Waals surface area contributed by atoms with Crippen LogP contribution in [0, 0.1) is 0 Å². The summed E-state index contributed by atoms with van der Waals surface area (Å²) >= 11 is 0. The topological polar surface area (TPSA) is 46.6 Å². The Labute approximate surface area is 134 Å². The molecule has 22 heavy (non-hydrogen) atoms. The van der Waals surface area contributed by atoms with Gasteiger partial charge in [0.15, 0.2) is 0 Å². The van der Waals surface area contributed by atoms with Crippen LogP contribution < -0.4 is 0 Å². The molecule has 1 aliphatic rings. The first kappa shape index (κ1) is 17.4. The van der Waals surface area contributed by atoms with Crippen LogP contribution in [-0.4, -0.2) is 38.0 Å². The molecule has 0 aliphatic carbocycles. The molecule has 0 saturated carbocycles. The van der Waals surface area contributed by atoms with Gasteiger partial charge in [-0.15, -0.1) is 0 Å². The molecule has 124 valence electrons. The van der Waals surface area contributed by atoms with Crippen molar-refractivity contribution in [3.05, 3.63) is 29.8 Å². The zero-order chi connectivity index (χ0) is 16.5. The van der Waals surface area contributed by atoms with Crippen LogP contribution in [0.4, 0.5) is 0 Å². The zero-order valence-corrected chi connectivity index (χ0v) is 15.0. The Bertz CT molecular complexity index is 597. The molecule has 1 saturated heterocycles. The van der Waals surface area contributed by atoms with Gasteiger partial charge in [0.1, 0.15) is 0 Å². The van der Waals surface area contributed by atoms with Crippen molar-refractivity contribution in [1.82, 2.24) is 4.31 Å². The summed E-state index contributed by atoms with van der Waals surface area (Å²) in [6.07, 6.45) is 0.867. The minimum Gasteiger partial charge on any atom is -0.373 e. The van der Waals surface area contributed by atoms with Crippen molar-refractivity contribution >= 4 is 10.0 Å². The maximum atomic E-state index is 12.8. The molecule has 0 radical (unpaired) electrons. The van der Waals surface area contributed by atoms with Gasteiger partial charge in [0, 0.05) is 13.1 Å². The number of sulfonamides is 1. The van der Waals surface area contributed by atoms with Crippen LogP contribution in [0.5, 0.6) is 0 Å². The van der Waals surface area contributed by atoms with E-state index in [0.29, 0.717) is 18.0 Å². The fourth-order valence-corrected chi connectivity index (χ4v) is 4.35. The summed E-state index contributed by atoms with van der Waals surface area (Å²) in [7, 11) is -3.44. The van der Waals surface area contributed by atoms with Gasteiger partial charge in [-0.25, -0.2) is 8.42 Å². The van der Waals surface area contributed by atoms with E-state index in [1.807, 2.05) is 26.0 Å². The highest BCUT2D eigenvalue weighted by Gasteiger charge is 2.32. The number of hydrogen-bond acceptors (Lipinski definition) is 3. The van der Waals surface area contributed by atoms with Gasteiger partial charge in [-0.2, -0.15) is 4.31 Å². The van der Waals surface area contributed by atoms with Crippen LogP contribution in [0.2, 0.25) is 0 Å². The van der Waals surface area contributed by atoms with E-state index < -0.39 is 10.0 Å². The van der Waals surface area contributed by atoms with Gasteiger partial charge in [0.05, 0.1) is 17.1 Å². The Morgan fingerprint density at radius 2 is 1.64 bits per heavy atom. The molecule has 1 aromatic carbocycles. The predicted molar refractivity (Wildman–Crippen MR) is 88.5 cm³/mol. The van der Waals surface area contributed by atoms with Crippen LogP contribution in [0.15, 0.2) is 29.2 Å². The summed E-state index contributed by atoms with van der Waals surface area (Å²) in [5, 5.41) is 0. The molecule has 1 aliphatic heterocycles. The standard InChI is InChI=1S/C17H27NO3S/c1-6-17(4,5)15-7-9-16(10-8-15)22(19,20)18-11-13(2)21-14(3)12-18/h7-10,13-14H,6,11-12H2,1-5H3. The van der Waals surface area contributed by atoms with Crippen molar-refractivity contribution in [2.75, 3.05) is 13.1 Å². The SMILES string of the molecule is CCC(C)(C)c1ccc(S(=O)(=O)N2CC(C)OC(C)C2)cc1. The van der Waals surface area contributed by atoms with Crippen molar-refractivity contribution in [2.45, 2.75) is 63.6 Å². The van der Waals surface area contributed by atoms with E-state index in [9.17, 15) is 8.42 Å². The van der Waals surface area contributed by atoms with Gasteiger partial charge in [0.2, 0.25) is 10.0 Å². The van der Waals surface area contributed by atoms with Gasteiger partial charge in [-0.3, -0.25) is 0 Å². The van der Waals surface area contributed by atoms with Gasteiger partial charge in [-0.1, -0.05) is 32.9 Å². The van der Waals surface area contributed by atoms with Crippen LogP contribution in [0.25, 0.3) is 0 Å². The first-order valence-electron chi connectivity index (χ1n) is 7.93. The first-order valence-corrected chi connectivity index (χ1v) is 9.37. The van der Waals surface area contributed by atoms with Gasteiger partial charge in [-0.05, 0) is 43.4 Å². The van der Waals surface area contributed by atoms with E-state index in [0.717, 1.165) is 12.0 Å². The third-order valence-corrected chi connectivity index (χ3v) is 6.39. The molecule has 0 bridgehead atoms. The van der Waals surface area contributed by atoms with Crippen LogP contribution in [0.3, 0.4) is 0 Å². The molecule has 2 unspecified atom stereocenters. The summed E-state index contributed by atoms with van der Waals surface area (Å²) in [5.74, 6) is 0. The molecule has 0 amide bonds. The average Bonchev–Trinajstić information content (AvgIpc) is 2.46. The van der Waals surface area contributed by atoms with Crippen LogP contribution in [0.1, 0.15) is 46.6 Å². The van der Waals surface area contributed by atoms with E-state index in [-0.39, 0.29) is 17.6 Å². The maximum Gasteiger partial charge on any atom is 0.243 e. The third kappa shape index (κ3) is 3.53. The lowest BCUT2D eigenvalue weighted by atomic mass is 9.82. The van der Waals surface area contributed by atoms with Crippen molar-refractivity contribution < 1.29 is 13.2 Å². The number of hydrogen-bond donors (Lipinski definition) is 0. The fraction of sp³-hybridized carbons (Fsp3) is 0.647. The minimum absolute atomic E-state index is 0.0598. The molecule has 1 aromatic rings. The summed E-state index contributed by atoms with van der Waals surface area (Å²) in [5.41, 5.74) is 1.22. The highest BCUT2D eigenvalue weighted by atomic mass is 32.2. The maximum absolute atomic E-state index is 12.8. The molecular formula is C17H27NO3S. The molecule has 2 rings (SSSR count). The smallest absolute Gasteiger partial charge is 0.243 e. The number of morpholine rings is 1. The summed E-state index contributed by atoms with van der Waals surface area (Å²) in [6, 6.07) is 7.33. The van der Waals surface area contributed by atoms with E-state index in [1.165, 1.54) is 4.31 Å². The van der Waals surface area contributed by atoms with Gasteiger partial charge < -0.3 is 4.74 Å². The highest BCUT2D eigenvalue weighted by Crippen LogP contribution is 2.28. The molecule has 1 heterocycles. The van der Waals surface area contributed by atoms with Crippen molar-refractivity contribution in [3.63, 3.8) is 0 Å². The summed E-state index contributed by atoms with van der Waals surface area (Å²) in [4.78, 5) is 0.365. The Balaban J connectivity index is 2.26. The lowest BCUT2D eigenvalue weighted by Gasteiger charge is -2.34. The molecule has 4 nitrogen and oxygen atoms in total. The summed E-state index contributed by atoms with van der Waals surface area (Å²) in [6.45, 7) is 11.1. The Hall–Kier alpha value is -0.910. The Morgan fingerprint density at radius 3 is 2.09 bits per heavy atom. The number of nitrogens with zero attached hydrogens (tertiary/aromatic N) is 1. The Morgan fingerprint density at radius 1 is 1.14 bits per heavy atom. The van der Waals surface area contributed by atoms with Gasteiger partial charge >= 0.3 is 0 Å². The van der Waals surface area contributed by atoms with E-state index >= 15 is 0 Å². The quantitative estimate of drug-likeness (QED) is 0.854. The second-order valence-corrected chi connectivity index (χ2v) is 8.78. The van der Waals surface area contributed by atoms with Crippen LogP contribution in [-0.2, 0) is 20.2 Å². The van der Waals surface area contributed by atoms with Gasteiger partial charge in [0.25, 0.3) is 0 Å². The molecule has 1 fully saturated rings. The molecular weight excluding hydrogens is 298 g/mol. The number of rotatable bonds is 4. The second kappa shape index (κ2) is 6.30. The third-order valence-electron chi connectivity index (χ3n) is 4.54. The Kier molecular flexibility index (Phi) is 5.00. The van der Waals surface area contributed by atoms with Crippen molar-refractivity contribution in [1.29, 1.82) is 0 Å². The van der Waals surface area contributed by atoms with Crippen molar-refractivity contribution in [3.8, 4) is 0 Å².